The number of benzene rings is 2. The normalized spacial score (nSPS) is 12.2. The first-order valence-corrected chi connectivity index (χ1v) is 8.73. The summed E-state index contributed by atoms with van der Waals surface area (Å²) in [5.74, 6) is 0.114. The van der Waals surface area contributed by atoms with Crippen LogP contribution in [-0.4, -0.2) is 22.3 Å². The molecule has 3 rings (SSSR count). The van der Waals surface area contributed by atoms with Gasteiger partial charge in [0.15, 0.2) is 11.6 Å². The van der Waals surface area contributed by atoms with E-state index in [0.717, 1.165) is 6.07 Å². The molecule has 0 radical (unpaired) electrons. The van der Waals surface area contributed by atoms with Crippen LogP contribution >= 0.6 is 0 Å². The van der Waals surface area contributed by atoms with Crippen molar-refractivity contribution in [3.05, 3.63) is 71.4 Å². The Morgan fingerprint density at radius 1 is 1.00 bits per heavy atom. The highest BCUT2D eigenvalue weighted by atomic mass is 19.4. The smallest absolute Gasteiger partial charge is 0.398 e. The Kier molecular flexibility index (Phi) is 5.79. The number of para-hydroxylation sites is 1. The maximum atomic E-state index is 13.4. The molecule has 0 unspecified atom stereocenters. The Bertz CT molecular complexity index is 1050. The number of rotatable bonds is 5. The fourth-order valence-electron chi connectivity index (χ4n) is 2.78. The number of alkyl halides is 3. The second-order valence-corrected chi connectivity index (χ2v) is 6.21. The van der Waals surface area contributed by atoms with Crippen LogP contribution in [0.15, 0.2) is 59.6 Å². The van der Waals surface area contributed by atoms with Crippen LogP contribution in [0.1, 0.15) is 16.8 Å². The predicted octanol–water partition coefficient (Wildman–Crippen LogP) is 3.28. The van der Waals surface area contributed by atoms with Crippen molar-refractivity contribution in [2.24, 2.45) is 16.5 Å². The van der Waals surface area contributed by atoms with Crippen molar-refractivity contribution in [3.8, 4) is 11.4 Å². The van der Waals surface area contributed by atoms with E-state index in [1.807, 2.05) is 0 Å². The van der Waals surface area contributed by atoms with Gasteiger partial charge in [-0.3, -0.25) is 0 Å². The monoisotopic (exact) mass is 400 g/mol. The van der Waals surface area contributed by atoms with Gasteiger partial charge in [0, 0.05) is 35.0 Å². The maximum absolute atomic E-state index is 13.4. The number of nitrogens with zero attached hydrogens (tertiary/aromatic N) is 3. The molecule has 0 aliphatic rings. The first kappa shape index (κ1) is 20.3. The van der Waals surface area contributed by atoms with E-state index in [-0.39, 0.29) is 29.6 Å². The summed E-state index contributed by atoms with van der Waals surface area (Å²) in [7, 11) is 0. The minimum absolute atomic E-state index is 0.0931. The van der Waals surface area contributed by atoms with E-state index >= 15 is 0 Å². The van der Waals surface area contributed by atoms with E-state index in [9.17, 15) is 13.2 Å². The number of nitrogen functional groups attached to an aromatic ring is 1. The van der Waals surface area contributed by atoms with E-state index in [0.29, 0.717) is 23.4 Å². The van der Waals surface area contributed by atoms with E-state index in [1.165, 1.54) is 18.2 Å². The number of aromatic nitrogens is 2. The van der Waals surface area contributed by atoms with Crippen LogP contribution in [0.3, 0.4) is 0 Å². The molecule has 0 aliphatic carbocycles. The van der Waals surface area contributed by atoms with E-state index in [2.05, 4.69) is 15.0 Å². The standard InChI is InChI=1S/C20H19F3N6/c21-20(22,23)15-7-3-1-5-13(15)19-27-12(9-10-24)11-17(29-19)28-18(26)14-6-2-4-8-16(14)25/h1-8,11H,9-10,24-25H2,(H2,26,27,28,29). The highest BCUT2D eigenvalue weighted by Gasteiger charge is 2.34. The molecule has 1 aromatic heterocycles. The van der Waals surface area contributed by atoms with Crippen molar-refractivity contribution in [1.29, 1.82) is 0 Å². The van der Waals surface area contributed by atoms with Crippen LogP contribution in [0.4, 0.5) is 24.7 Å². The van der Waals surface area contributed by atoms with Gasteiger partial charge in [-0.2, -0.15) is 13.2 Å². The lowest BCUT2D eigenvalue weighted by Gasteiger charge is -2.13. The van der Waals surface area contributed by atoms with Gasteiger partial charge in [0.25, 0.3) is 0 Å². The average molecular weight is 400 g/mol. The summed E-state index contributed by atoms with van der Waals surface area (Å²) in [4.78, 5) is 12.7. The van der Waals surface area contributed by atoms with E-state index in [4.69, 9.17) is 17.2 Å². The van der Waals surface area contributed by atoms with Crippen molar-refractivity contribution in [2.45, 2.75) is 12.6 Å². The van der Waals surface area contributed by atoms with Crippen LogP contribution in [0.25, 0.3) is 11.4 Å². The summed E-state index contributed by atoms with van der Waals surface area (Å²) >= 11 is 0. The van der Waals surface area contributed by atoms with E-state index in [1.54, 1.807) is 30.3 Å². The van der Waals surface area contributed by atoms with Crippen LogP contribution < -0.4 is 17.2 Å². The zero-order valence-electron chi connectivity index (χ0n) is 15.3. The minimum atomic E-state index is -4.55. The molecule has 0 spiro atoms. The quantitative estimate of drug-likeness (QED) is 0.345. The summed E-state index contributed by atoms with van der Waals surface area (Å²) in [6, 6.07) is 13.5. The Labute approximate surface area is 165 Å². The first-order chi connectivity index (χ1) is 13.8. The minimum Gasteiger partial charge on any atom is -0.398 e. The van der Waals surface area contributed by atoms with Crippen LogP contribution in [-0.2, 0) is 12.6 Å². The van der Waals surface area contributed by atoms with Crippen molar-refractivity contribution < 1.29 is 13.2 Å². The molecule has 6 nitrogen and oxygen atoms in total. The molecule has 6 N–H and O–H groups in total. The zero-order chi connectivity index (χ0) is 21.0. The van der Waals surface area contributed by atoms with Gasteiger partial charge >= 0.3 is 6.18 Å². The van der Waals surface area contributed by atoms with Gasteiger partial charge in [0.2, 0.25) is 0 Å². The lowest BCUT2D eigenvalue weighted by atomic mass is 10.1. The topological polar surface area (TPSA) is 116 Å². The average Bonchev–Trinajstić information content (AvgIpc) is 2.67. The third kappa shape index (κ3) is 4.69. The van der Waals surface area contributed by atoms with Gasteiger partial charge in [-0.15, -0.1) is 0 Å². The van der Waals surface area contributed by atoms with E-state index < -0.39 is 11.7 Å². The van der Waals surface area contributed by atoms with Gasteiger partial charge in [-0.05, 0) is 24.7 Å². The summed E-state index contributed by atoms with van der Waals surface area (Å²) in [6.07, 6.45) is -4.20. The summed E-state index contributed by atoms with van der Waals surface area (Å²) in [5, 5.41) is 0. The SMILES string of the molecule is NCCc1cc(N=C(N)c2ccccc2N)nc(-c2ccccc2C(F)(F)F)n1. The highest BCUT2D eigenvalue weighted by molar-refractivity contribution is 6.03. The second-order valence-electron chi connectivity index (χ2n) is 6.21. The molecule has 0 atom stereocenters. The molecular formula is C20H19F3N6. The summed E-state index contributed by atoms with van der Waals surface area (Å²) in [6.45, 7) is 0.266. The third-order valence-corrected chi connectivity index (χ3v) is 4.11. The maximum Gasteiger partial charge on any atom is 0.417 e. The molecule has 0 saturated carbocycles. The lowest BCUT2D eigenvalue weighted by Crippen LogP contribution is -2.15. The molecule has 0 fully saturated rings. The fraction of sp³-hybridized carbons (Fsp3) is 0.150. The van der Waals surface area contributed by atoms with Crippen LogP contribution in [0, 0.1) is 0 Å². The number of hydrogen-bond acceptors (Lipinski definition) is 5. The first-order valence-electron chi connectivity index (χ1n) is 8.73. The largest absolute Gasteiger partial charge is 0.417 e. The van der Waals surface area contributed by atoms with Gasteiger partial charge in [0.05, 0.1) is 5.56 Å². The van der Waals surface area contributed by atoms with Crippen LogP contribution in [0.5, 0.6) is 0 Å². The van der Waals surface area contributed by atoms with Crippen molar-refractivity contribution in [3.63, 3.8) is 0 Å². The zero-order valence-corrected chi connectivity index (χ0v) is 15.3. The van der Waals surface area contributed by atoms with Gasteiger partial charge in [-0.1, -0.05) is 30.3 Å². The van der Waals surface area contributed by atoms with Gasteiger partial charge in [0.1, 0.15) is 5.84 Å². The molecule has 29 heavy (non-hydrogen) atoms. The van der Waals surface area contributed by atoms with Gasteiger partial charge < -0.3 is 17.2 Å². The Balaban J connectivity index is 2.14. The lowest BCUT2D eigenvalue weighted by molar-refractivity contribution is -0.137. The number of halogens is 3. The number of hydrogen-bond donors (Lipinski definition) is 3. The molecular weight excluding hydrogens is 381 g/mol. The van der Waals surface area contributed by atoms with Crippen molar-refractivity contribution >= 4 is 17.3 Å². The van der Waals surface area contributed by atoms with Crippen molar-refractivity contribution in [1.82, 2.24) is 9.97 Å². The molecule has 0 aliphatic heterocycles. The number of aliphatic imine (C=N–C) groups is 1. The Morgan fingerprint density at radius 3 is 2.38 bits per heavy atom. The van der Waals surface area contributed by atoms with Gasteiger partial charge in [-0.25, -0.2) is 15.0 Å². The fourth-order valence-corrected chi connectivity index (χ4v) is 2.78. The molecule has 2 aromatic carbocycles. The Morgan fingerprint density at radius 2 is 1.69 bits per heavy atom. The summed E-state index contributed by atoms with van der Waals surface area (Å²) < 4.78 is 40.3. The highest BCUT2D eigenvalue weighted by Crippen LogP contribution is 2.36. The molecule has 1 heterocycles. The molecule has 0 bridgehead atoms. The number of nitrogens with two attached hydrogens (primary N) is 3. The molecule has 150 valence electrons. The number of anilines is 1. The van der Waals surface area contributed by atoms with Crippen LogP contribution in [0.2, 0.25) is 0 Å². The summed E-state index contributed by atoms with van der Waals surface area (Å²) in [5.41, 5.74) is 18.0. The molecule has 3 aromatic rings. The third-order valence-electron chi connectivity index (χ3n) is 4.11. The number of amidine groups is 1. The molecule has 0 amide bonds. The predicted molar refractivity (Wildman–Crippen MR) is 106 cm³/mol. The molecule has 9 heteroatoms. The Hall–Kier alpha value is -3.46. The second kappa shape index (κ2) is 8.27. The molecule has 0 saturated heterocycles. The van der Waals surface area contributed by atoms with Crippen molar-refractivity contribution in [2.75, 3.05) is 12.3 Å².